The van der Waals surface area contributed by atoms with Gasteiger partial charge in [-0.05, 0) is 40.7 Å². The maximum Gasteiger partial charge on any atom is 0.511 e. The van der Waals surface area contributed by atoms with E-state index in [1.54, 1.807) is 0 Å². The Labute approximate surface area is 177 Å². The molecule has 1 fully saturated rings. The number of hydrogen-bond donors (Lipinski definition) is 2. The third-order valence-corrected chi connectivity index (χ3v) is 6.01. The van der Waals surface area contributed by atoms with Crippen LogP contribution in [0.5, 0.6) is 0 Å². The normalized spacial score (nSPS) is 17.9. The van der Waals surface area contributed by atoms with E-state index >= 15 is 0 Å². The van der Waals surface area contributed by atoms with Crippen LogP contribution in [0.25, 0.3) is 0 Å². The topological polar surface area (TPSA) is 77.0 Å². The number of likely N-dealkylation sites (N-methyl/N-ethyl adjacent to an activating group) is 1. The van der Waals surface area contributed by atoms with E-state index in [4.69, 9.17) is 0 Å². The molecule has 1 rings (SSSR count). The molecule has 2 N–H and O–H groups in total. The lowest BCUT2D eigenvalue weighted by atomic mass is 10.1. The number of aliphatic imine (C=N–C) groups is 1. The van der Waals surface area contributed by atoms with Crippen molar-refractivity contribution in [3.8, 4) is 0 Å². The summed E-state index contributed by atoms with van der Waals surface area (Å²) in [6, 6.07) is 0.302. The van der Waals surface area contributed by atoms with Gasteiger partial charge in [-0.3, -0.25) is 4.99 Å². The maximum atomic E-state index is 12.6. The molecule has 0 spiro atoms. The van der Waals surface area contributed by atoms with Crippen LogP contribution in [-0.2, 0) is 10.0 Å². The van der Waals surface area contributed by atoms with Crippen LogP contribution in [0.4, 0.5) is 13.2 Å². The molecule has 0 saturated carbocycles. The Morgan fingerprint density at radius 2 is 1.85 bits per heavy atom. The van der Waals surface area contributed by atoms with Crippen LogP contribution in [-0.4, -0.2) is 80.9 Å². The van der Waals surface area contributed by atoms with Crippen molar-refractivity contribution >= 4 is 40.0 Å². The predicted octanol–water partition coefficient (Wildman–Crippen LogP) is 1.81. The van der Waals surface area contributed by atoms with Crippen LogP contribution in [0.15, 0.2) is 4.99 Å². The third kappa shape index (κ3) is 8.28. The Morgan fingerprint density at radius 3 is 2.30 bits per heavy atom. The average molecular weight is 529 g/mol. The molecule has 7 nitrogen and oxygen atoms in total. The Balaban J connectivity index is 0.00000676. The standard InChI is InChI=1S/C15H30F3N5O2S.HI/c1-5-19-14(20-8-11-22(4)12(2)3)21-13-6-9-23(10-7-13)26(24,25)15(16,17)18;/h12-13H,5-11H2,1-4H3,(H2,19,20,21);1H. The molecule has 0 aromatic carbocycles. The summed E-state index contributed by atoms with van der Waals surface area (Å²) >= 11 is 0. The van der Waals surface area contributed by atoms with E-state index in [9.17, 15) is 21.6 Å². The Morgan fingerprint density at radius 1 is 1.30 bits per heavy atom. The zero-order valence-electron chi connectivity index (χ0n) is 16.2. The second kappa shape index (κ2) is 11.6. The highest BCUT2D eigenvalue weighted by Crippen LogP contribution is 2.28. The summed E-state index contributed by atoms with van der Waals surface area (Å²) in [7, 11) is -3.23. The molecule has 27 heavy (non-hydrogen) atoms. The van der Waals surface area contributed by atoms with E-state index in [-0.39, 0.29) is 43.1 Å². The van der Waals surface area contributed by atoms with Gasteiger partial charge in [0.05, 0.1) is 6.54 Å². The minimum absolute atomic E-state index is 0. The number of sulfonamides is 1. The number of piperidine rings is 1. The van der Waals surface area contributed by atoms with Gasteiger partial charge in [0.2, 0.25) is 0 Å². The van der Waals surface area contributed by atoms with Crippen molar-refractivity contribution in [1.29, 1.82) is 0 Å². The maximum absolute atomic E-state index is 12.6. The molecule has 1 aliphatic rings. The van der Waals surface area contributed by atoms with Crippen molar-refractivity contribution in [1.82, 2.24) is 19.8 Å². The van der Waals surface area contributed by atoms with Crippen molar-refractivity contribution in [2.24, 2.45) is 4.99 Å². The monoisotopic (exact) mass is 529 g/mol. The first kappa shape index (κ1) is 26.7. The van der Waals surface area contributed by atoms with E-state index in [2.05, 4.69) is 34.4 Å². The molecule has 0 atom stereocenters. The molecule has 0 aromatic rings. The summed E-state index contributed by atoms with van der Waals surface area (Å²) in [6.45, 7) is 7.83. The highest BCUT2D eigenvalue weighted by Gasteiger charge is 2.50. The third-order valence-electron chi connectivity index (χ3n) is 4.38. The van der Waals surface area contributed by atoms with Gasteiger partial charge in [0.1, 0.15) is 0 Å². The lowest BCUT2D eigenvalue weighted by Gasteiger charge is -2.32. The van der Waals surface area contributed by atoms with Gasteiger partial charge >= 0.3 is 15.5 Å². The number of nitrogens with zero attached hydrogens (tertiary/aromatic N) is 3. The molecule has 0 radical (unpaired) electrons. The van der Waals surface area contributed by atoms with Crippen LogP contribution < -0.4 is 10.6 Å². The number of guanidine groups is 1. The molecule has 0 aromatic heterocycles. The molecule has 0 aliphatic carbocycles. The summed E-state index contributed by atoms with van der Waals surface area (Å²) in [5.41, 5.74) is -5.24. The molecular weight excluding hydrogens is 498 g/mol. The number of halogens is 4. The summed E-state index contributed by atoms with van der Waals surface area (Å²) in [5, 5.41) is 6.30. The molecule has 0 amide bonds. The first-order chi connectivity index (χ1) is 12.0. The van der Waals surface area contributed by atoms with Crippen molar-refractivity contribution in [2.75, 3.05) is 39.8 Å². The smallest absolute Gasteiger partial charge is 0.357 e. The Bertz CT molecular complexity index is 564. The second-order valence-corrected chi connectivity index (χ2v) is 8.53. The van der Waals surface area contributed by atoms with E-state index in [1.165, 1.54) is 0 Å². The highest BCUT2D eigenvalue weighted by atomic mass is 127. The van der Waals surface area contributed by atoms with Gasteiger partial charge in [0, 0.05) is 38.3 Å². The molecule has 12 heteroatoms. The van der Waals surface area contributed by atoms with Crippen molar-refractivity contribution in [3.63, 3.8) is 0 Å². The summed E-state index contributed by atoms with van der Waals surface area (Å²) < 4.78 is 61.2. The lowest BCUT2D eigenvalue weighted by molar-refractivity contribution is -0.0494. The van der Waals surface area contributed by atoms with Crippen molar-refractivity contribution < 1.29 is 21.6 Å². The summed E-state index contributed by atoms with van der Waals surface area (Å²) in [6.07, 6.45) is 0.594. The lowest BCUT2D eigenvalue weighted by Crippen LogP contribution is -2.51. The molecule has 162 valence electrons. The number of hydrogen-bond acceptors (Lipinski definition) is 4. The van der Waals surface area contributed by atoms with Crippen LogP contribution in [0, 0.1) is 0 Å². The van der Waals surface area contributed by atoms with Crippen LogP contribution in [0.1, 0.15) is 33.6 Å². The van der Waals surface area contributed by atoms with Crippen molar-refractivity contribution in [3.05, 3.63) is 0 Å². The Kier molecular flexibility index (Phi) is 11.5. The fourth-order valence-electron chi connectivity index (χ4n) is 2.48. The molecule has 1 heterocycles. The fraction of sp³-hybridized carbons (Fsp3) is 0.933. The summed E-state index contributed by atoms with van der Waals surface area (Å²) in [4.78, 5) is 6.64. The highest BCUT2D eigenvalue weighted by molar-refractivity contribution is 14.0. The summed E-state index contributed by atoms with van der Waals surface area (Å²) in [5.74, 6) is 0.599. The molecule has 1 saturated heterocycles. The number of rotatable bonds is 7. The van der Waals surface area contributed by atoms with Gasteiger partial charge in [0.15, 0.2) is 5.96 Å². The van der Waals surface area contributed by atoms with Crippen LogP contribution in [0.2, 0.25) is 0 Å². The minimum atomic E-state index is -5.24. The molecule has 0 bridgehead atoms. The van der Waals surface area contributed by atoms with E-state index in [0.717, 1.165) is 6.54 Å². The molecular formula is C15H31F3IN5O2S. The van der Waals surface area contributed by atoms with Crippen LogP contribution in [0.3, 0.4) is 0 Å². The van der Waals surface area contributed by atoms with Gasteiger partial charge in [-0.1, -0.05) is 0 Å². The molecule has 0 unspecified atom stereocenters. The number of alkyl halides is 3. The quantitative estimate of drug-likeness (QED) is 0.299. The minimum Gasteiger partial charge on any atom is -0.357 e. The fourth-order valence-corrected chi connectivity index (χ4v) is 3.46. The van der Waals surface area contributed by atoms with E-state index < -0.39 is 15.5 Å². The van der Waals surface area contributed by atoms with Gasteiger partial charge in [-0.15, -0.1) is 24.0 Å². The van der Waals surface area contributed by atoms with E-state index in [1.807, 2.05) is 14.0 Å². The van der Waals surface area contributed by atoms with Gasteiger partial charge in [0.25, 0.3) is 0 Å². The van der Waals surface area contributed by atoms with Gasteiger partial charge in [-0.25, -0.2) is 8.42 Å². The Hall–Kier alpha value is -0.340. The van der Waals surface area contributed by atoms with E-state index in [0.29, 0.717) is 42.2 Å². The first-order valence-corrected chi connectivity index (χ1v) is 10.2. The zero-order chi connectivity index (χ0) is 20.0. The first-order valence-electron chi connectivity index (χ1n) is 8.80. The number of nitrogens with one attached hydrogen (secondary N) is 2. The average Bonchev–Trinajstić information content (AvgIpc) is 2.54. The largest absolute Gasteiger partial charge is 0.511 e. The van der Waals surface area contributed by atoms with Gasteiger partial charge in [-0.2, -0.15) is 17.5 Å². The van der Waals surface area contributed by atoms with Crippen LogP contribution >= 0.6 is 24.0 Å². The predicted molar refractivity (Wildman–Crippen MR) is 112 cm³/mol. The van der Waals surface area contributed by atoms with Gasteiger partial charge < -0.3 is 15.5 Å². The second-order valence-electron chi connectivity index (χ2n) is 6.60. The van der Waals surface area contributed by atoms with Crippen molar-refractivity contribution in [2.45, 2.75) is 51.2 Å². The molecule has 1 aliphatic heterocycles. The zero-order valence-corrected chi connectivity index (χ0v) is 19.4. The SMILES string of the molecule is CCNC(=NCCN(C)C(C)C)NC1CCN(S(=O)(=O)C(F)(F)F)CC1.I.